The first kappa shape index (κ1) is 9.74. The summed E-state index contributed by atoms with van der Waals surface area (Å²) in [6.07, 6.45) is 0.483. The van der Waals surface area contributed by atoms with Crippen LogP contribution in [0.15, 0.2) is 15.2 Å². The predicted octanol–water partition coefficient (Wildman–Crippen LogP) is 2.14. The Balaban J connectivity index is 2.64. The van der Waals surface area contributed by atoms with Gasteiger partial charge in [0.05, 0.1) is 6.42 Å². The fourth-order valence-corrected chi connectivity index (χ4v) is 2.20. The van der Waals surface area contributed by atoms with Gasteiger partial charge in [-0.2, -0.15) is 11.3 Å². The minimum absolute atomic E-state index is 0.133. The van der Waals surface area contributed by atoms with E-state index in [1.807, 2.05) is 10.8 Å². The molecule has 0 saturated carbocycles. The number of thiophene rings is 1. The largest absolute Gasteiger partial charge is 0.349 e. The van der Waals surface area contributed by atoms with E-state index in [1.54, 1.807) is 30.3 Å². The summed E-state index contributed by atoms with van der Waals surface area (Å²) in [4.78, 5) is 12.9. The molecule has 1 aromatic rings. The summed E-state index contributed by atoms with van der Waals surface area (Å²) >= 11 is 4.99. The first-order valence-electron chi connectivity index (χ1n) is 3.52. The van der Waals surface area contributed by atoms with E-state index in [9.17, 15) is 4.79 Å². The Morgan fingerprint density at radius 2 is 2.25 bits per heavy atom. The van der Waals surface area contributed by atoms with Crippen LogP contribution < -0.4 is 0 Å². The molecule has 1 heterocycles. The van der Waals surface area contributed by atoms with E-state index in [1.165, 1.54) is 0 Å². The third-order valence-electron chi connectivity index (χ3n) is 1.53. The Hall–Kier alpha value is -0.350. The molecule has 0 aliphatic rings. The summed E-state index contributed by atoms with van der Waals surface area (Å²) < 4.78 is 1.03. The van der Waals surface area contributed by atoms with Crippen LogP contribution in [0, 0.1) is 0 Å². The number of carbonyl (C=O) groups is 1. The van der Waals surface area contributed by atoms with Crippen LogP contribution in [0.5, 0.6) is 0 Å². The van der Waals surface area contributed by atoms with E-state index in [0.29, 0.717) is 6.42 Å². The Labute approximate surface area is 84.3 Å². The maximum Gasteiger partial charge on any atom is 0.226 e. The third kappa shape index (κ3) is 2.32. The summed E-state index contributed by atoms with van der Waals surface area (Å²) in [5, 5.41) is 3.98. The van der Waals surface area contributed by atoms with Crippen molar-refractivity contribution in [1.82, 2.24) is 4.90 Å². The molecule has 0 atom stereocenters. The molecule has 1 amide bonds. The van der Waals surface area contributed by atoms with E-state index < -0.39 is 0 Å². The molecule has 0 fully saturated rings. The van der Waals surface area contributed by atoms with Crippen LogP contribution in [-0.4, -0.2) is 24.9 Å². The van der Waals surface area contributed by atoms with Crippen molar-refractivity contribution < 1.29 is 4.79 Å². The van der Waals surface area contributed by atoms with Gasteiger partial charge in [-0.3, -0.25) is 4.79 Å². The molecule has 66 valence electrons. The normalized spacial score (nSPS) is 9.92. The van der Waals surface area contributed by atoms with E-state index in [2.05, 4.69) is 15.9 Å². The molecule has 0 N–H and O–H groups in total. The second-order valence-corrected chi connectivity index (χ2v) is 4.31. The van der Waals surface area contributed by atoms with Gasteiger partial charge < -0.3 is 4.90 Å². The van der Waals surface area contributed by atoms with Crippen molar-refractivity contribution in [3.8, 4) is 0 Å². The van der Waals surface area contributed by atoms with Crippen LogP contribution in [0.4, 0.5) is 0 Å². The number of hydrogen-bond acceptors (Lipinski definition) is 2. The Morgan fingerprint density at radius 3 is 2.67 bits per heavy atom. The molecule has 0 aliphatic carbocycles. The maximum atomic E-state index is 11.3. The molecule has 0 aromatic carbocycles. The highest BCUT2D eigenvalue weighted by Gasteiger charge is 2.08. The molecule has 0 bridgehead atoms. The maximum absolute atomic E-state index is 11.3. The monoisotopic (exact) mass is 247 g/mol. The fourth-order valence-electron chi connectivity index (χ4n) is 0.755. The Kier molecular flexibility index (Phi) is 3.29. The highest BCUT2D eigenvalue weighted by molar-refractivity contribution is 9.10. The highest BCUT2D eigenvalue weighted by atomic mass is 79.9. The standard InChI is InChI=1S/C8H10BrNOS/c1-10(2)8(11)3-6-4-12-5-7(6)9/h4-5H,3H2,1-2H3. The minimum atomic E-state index is 0.133. The first-order valence-corrected chi connectivity index (χ1v) is 5.25. The summed E-state index contributed by atoms with van der Waals surface area (Å²) in [7, 11) is 3.53. The van der Waals surface area contributed by atoms with Gasteiger partial charge in [-0.05, 0) is 26.9 Å². The van der Waals surface area contributed by atoms with Crippen LogP contribution in [0.1, 0.15) is 5.56 Å². The van der Waals surface area contributed by atoms with Gasteiger partial charge in [0.2, 0.25) is 5.91 Å². The van der Waals surface area contributed by atoms with Crippen molar-refractivity contribution in [1.29, 1.82) is 0 Å². The lowest BCUT2D eigenvalue weighted by atomic mass is 10.2. The van der Waals surface area contributed by atoms with E-state index >= 15 is 0 Å². The molecule has 4 heteroatoms. The molecule has 0 spiro atoms. The van der Waals surface area contributed by atoms with Crippen molar-refractivity contribution >= 4 is 33.2 Å². The van der Waals surface area contributed by atoms with Crippen molar-refractivity contribution in [2.75, 3.05) is 14.1 Å². The summed E-state index contributed by atoms with van der Waals surface area (Å²) in [5.41, 5.74) is 1.07. The number of nitrogens with zero attached hydrogens (tertiary/aromatic N) is 1. The van der Waals surface area contributed by atoms with Crippen LogP contribution in [-0.2, 0) is 11.2 Å². The summed E-state index contributed by atoms with van der Waals surface area (Å²) in [6, 6.07) is 0. The quantitative estimate of drug-likeness (QED) is 0.785. The molecule has 1 aromatic heterocycles. The second kappa shape index (κ2) is 4.05. The van der Waals surface area contributed by atoms with E-state index in [0.717, 1.165) is 10.0 Å². The molecular formula is C8H10BrNOS. The van der Waals surface area contributed by atoms with Crippen LogP contribution in [0.2, 0.25) is 0 Å². The zero-order valence-electron chi connectivity index (χ0n) is 7.00. The molecule has 0 radical (unpaired) electrons. The lowest BCUT2D eigenvalue weighted by Crippen LogP contribution is -2.23. The van der Waals surface area contributed by atoms with Crippen molar-refractivity contribution in [2.24, 2.45) is 0 Å². The molecule has 12 heavy (non-hydrogen) atoms. The zero-order valence-corrected chi connectivity index (χ0v) is 9.41. The van der Waals surface area contributed by atoms with Gasteiger partial charge in [-0.1, -0.05) is 0 Å². The van der Waals surface area contributed by atoms with E-state index in [-0.39, 0.29) is 5.91 Å². The summed E-state index contributed by atoms with van der Waals surface area (Å²) in [6.45, 7) is 0. The lowest BCUT2D eigenvalue weighted by Gasteiger charge is -2.08. The number of carbonyl (C=O) groups excluding carboxylic acids is 1. The number of likely N-dealkylation sites (N-methyl/N-ethyl adjacent to an activating group) is 1. The topological polar surface area (TPSA) is 20.3 Å². The predicted molar refractivity (Wildman–Crippen MR) is 54.4 cm³/mol. The average molecular weight is 248 g/mol. The van der Waals surface area contributed by atoms with Crippen molar-refractivity contribution in [3.05, 3.63) is 20.8 Å². The van der Waals surface area contributed by atoms with Gasteiger partial charge in [-0.25, -0.2) is 0 Å². The Bertz CT molecular complexity index is 282. The smallest absolute Gasteiger partial charge is 0.226 e. The van der Waals surface area contributed by atoms with Gasteiger partial charge in [0, 0.05) is 23.9 Å². The highest BCUT2D eigenvalue weighted by Crippen LogP contribution is 2.21. The molecule has 1 rings (SSSR count). The minimum Gasteiger partial charge on any atom is -0.349 e. The van der Waals surface area contributed by atoms with Crippen LogP contribution >= 0.6 is 27.3 Å². The number of rotatable bonds is 2. The molecule has 0 aliphatic heterocycles. The number of hydrogen-bond donors (Lipinski definition) is 0. The molecule has 0 saturated heterocycles. The second-order valence-electron chi connectivity index (χ2n) is 2.71. The molecular weight excluding hydrogens is 238 g/mol. The lowest BCUT2D eigenvalue weighted by molar-refractivity contribution is -0.127. The fraction of sp³-hybridized carbons (Fsp3) is 0.375. The first-order chi connectivity index (χ1) is 5.61. The zero-order chi connectivity index (χ0) is 9.14. The van der Waals surface area contributed by atoms with Gasteiger partial charge in [0.1, 0.15) is 0 Å². The molecule has 0 unspecified atom stereocenters. The Morgan fingerprint density at radius 1 is 1.58 bits per heavy atom. The average Bonchev–Trinajstić information content (AvgIpc) is 2.36. The van der Waals surface area contributed by atoms with Gasteiger partial charge in [0.15, 0.2) is 0 Å². The van der Waals surface area contributed by atoms with Gasteiger partial charge in [0.25, 0.3) is 0 Å². The number of halogens is 1. The SMILES string of the molecule is CN(C)C(=O)Cc1cscc1Br. The van der Waals surface area contributed by atoms with Crippen molar-refractivity contribution in [2.45, 2.75) is 6.42 Å². The van der Waals surface area contributed by atoms with Gasteiger partial charge in [-0.15, -0.1) is 0 Å². The third-order valence-corrected chi connectivity index (χ3v) is 3.36. The summed E-state index contributed by atoms with van der Waals surface area (Å²) in [5.74, 6) is 0.133. The van der Waals surface area contributed by atoms with E-state index in [4.69, 9.17) is 0 Å². The molecule has 2 nitrogen and oxygen atoms in total. The van der Waals surface area contributed by atoms with Gasteiger partial charge >= 0.3 is 0 Å². The van der Waals surface area contributed by atoms with Crippen molar-refractivity contribution in [3.63, 3.8) is 0 Å². The van der Waals surface area contributed by atoms with Crippen LogP contribution in [0.3, 0.4) is 0 Å². The number of amides is 1. The van der Waals surface area contributed by atoms with Crippen LogP contribution in [0.25, 0.3) is 0 Å².